The Balaban J connectivity index is 1.49. The molecule has 2 aromatic rings. The first-order valence-electron chi connectivity index (χ1n) is 8.95. The van der Waals surface area contributed by atoms with E-state index in [0.29, 0.717) is 18.7 Å². The molecule has 1 N–H and O–H groups in total. The molecule has 0 radical (unpaired) electrons. The molecule has 1 fully saturated rings. The summed E-state index contributed by atoms with van der Waals surface area (Å²) in [5.74, 6) is 0.0424. The fourth-order valence-electron chi connectivity index (χ4n) is 3.23. The molecule has 26 heavy (non-hydrogen) atoms. The number of aromatic nitrogens is 4. The van der Waals surface area contributed by atoms with E-state index >= 15 is 0 Å². The summed E-state index contributed by atoms with van der Waals surface area (Å²) in [5, 5.41) is 6.99. The van der Waals surface area contributed by atoms with Crippen LogP contribution >= 0.6 is 0 Å². The van der Waals surface area contributed by atoms with E-state index in [2.05, 4.69) is 20.4 Å². The summed E-state index contributed by atoms with van der Waals surface area (Å²) in [6.07, 6.45) is 10.0. The third-order valence-corrected chi connectivity index (χ3v) is 4.52. The minimum absolute atomic E-state index is 0.00952. The third kappa shape index (κ3) is 4.65. The van der Waals surface area contributed by atoms with E-state index in [1.807, 2.05) is 21.8 Å². The molecule has 1 atom stereocenters. The van der Waals surface area contributed by atoms with Crippen molar-refractivity contribution in [3.05, 3.63) is 42.2 Å². The first-order chi connectivity index (χ1) is 12.6. The van der Waals surface area contributed by atoms with Crippen molar-refractivity contribution in [3.63, 3.8) is 0 Å². The smallest absolute Gasteiger partial charge is 0.220 e. The molecule has 2 aromatic heterocycles. The Morgan fingerprint density at radius 2 is 2.23 bits per heavy atom. The molecule has 3 rings (SSSR count). The lowest BCUT2D eigenvalue weighted by Crippen LogP contribution is -2.29. The van der Waals surface area contributed by atoms with Crippen LogP contribution in [0.2, 0.25) is 0 Å². The molecule has 1 aliphatic heterocycles. The van der Waals surface area contributed by atoms with Crippen LogP contribution in [0.1, 0.15) is 50.0 Å². The van der Waals surface area contributed by atoms with Gasteiger partial charge in [-0.3, -0.25) is 24.2 Å². The summed E-state index contributed by atoms with van der Waals surface area (Å²) in [6, 6.07) is 1.85. The van der Waals surface area contributed by atoms with E-state index < -0.39 is 0 Å². The van der Waals surface area contributed by atoms with E-state index in [1.165, 1.54) is 0 Å². The van der Waals surface area contributed by atoms with Gasteiger partial charge in [0.15, 0.2) is 0 Å². The van der Waals surface area contributed by atoms with E-state index in [-0.39, 0.29) is 17.9 Å². The molecule has 8 heteroatoms. The zero-order chi connectivity index (χ0) is 18.4. The molecule has 0 aliphatic carbocycles. The monoisotopic (exact) mass is 356 g/mol. The average Bonchev–Trinajstić information content (AvgIpc) is 3.32. The van der Waals surface area contributed by atoms with Crippen molar-refractivity contribution in [2.24, 2.45) is 0 Å². The molecular weight excluding hydrogens is 332 g/mol. The van der Waals surface area contributed by atoms with Gasteiger partial charge in [-0.15, -0.1) is 0 Å². The van der Waals surface area contributed by atoms with Gasteiger partial charge >= 0.3 is 0 Å². The van der Waals surface area contributed by atoms with Crippen LogP contribution in [0.3, 0.4) is 0 Å². The number of hydrogen-bond acceptors (Lipinski definition) is 5. The summed E-state index contributed by atoms with van der Waals surface area (Å²) in [7, 11) is 0. The molecule has 1 aliphatic rings. The summed E-state index contributed by atoms with van der Waals surface area (Å²) in [6.45, 7) is 3.41. The molecule has 138 valence electrons. The second-order valence-corrected chi connectivity index (χ2v) is 6.46. The molecule has 2 amide bonds. The van der Waals surface area contributed by atoms with Crippen LogP contribution < -0.4 is 5.32 Å². The molecule has 0 saturated carbocycles. The second-order valence-electron chi connectivity index (χ2n) is 6.46. The van der Waals surface area contributed by atoms with Gasteiger partial charge in [-0.1, -0.05) is 0 Å². The van der Waals surface area contributed by atoms with Crippen molar-refractivity contribution >= 4 is 11.8 Å². The van der Waals surface area contributed by atoms with Crippen LogP contribution in [0.15, 0.2) is 30.9 Å². The van der Waals surface area contributed by atoms with Gasteiger partial charge in [-0.25, -0.2) is 0 Å². The van der Waals surface area contributed by atoms with Crippen LogP contribution in [0, 0.1) is 0 Å². The lowest BCUT2D eigenvalue weighted by molar-refractivity contribution is -0.129. The molecule has 0 bridgehead atoms. The van der Waals surface area contributed by atoms with Crippen LogP contribution in [0.25, 0.3) is 0 Å². The van der Waals surface area contributed by atoms with Gasteiger partial charge in [0.1, 0.15) is 0 Å². The number of amides is 2. The van der Waals surface area contributed by atoms with Gasteiger partial charge in [-0.05, 0) is 25.3 Å². The summed E-state index contributed by atoms with van der Waals surface area (Å²) in [4.78, 5) is 34.4. The SMILES string of the molecule is CC(=O)N1CCCC1c1cncc(CNC(=O)CCCn2cccn2)n1. The predicted molar refractivity (Wildman–Crippen MR) is 94.7 cm³/mol. The number of rotatable bonds is 7. The lowest BCUT2D eigenvalue weighted by Gasteiger charge is -2.22. The van der Waals surface area contributed by atoms with Crippen molar-refractivity contribution in [1.29, 1.82) is 0 Å². The van der Waals surface area contributed by atoms with Gasteiger partial charge in [0.05, 0.1) is 36.4 Å². The number of hydrogen-bond donors (Lipinski definition) is 1. The van der Waals surface area contributed by atoms with Crippen molar-refractivity contribution < 1.29 is 9.59 Å². The van der Waals surface area contributed by atoms with Gasteiger partial charge < -0.3 is 10.2 Å². The van der Waals surface area contributed by atoms with Gasteiger partial charge in [0.25, 0.3) is 0 Å². The Hall–Kier alpha value is -2.77. The zero-order valence-corrected chi connectivity index (χ0v) is 15.0. The summed E-state index contributed by atoms with van der Waals surface area (Å²) in [5.41, 5.74) is 1.50. The van der Waals surface area contributed by atoms with E-state index in [0.717, 1.165) is 38.0 Å². The van der Waals surface area contributed by atoms with Gasteiger partial charge in [0, 0.05) is 38.8 Å². The number of nitrogens with one attached hydrogen (secondary N) is 1. The molecular formula is C18H24N6O2. The Labute approximate surface area is 152 Å². The largest absolute Gasteiger partial charge is 0.350 e. The topological polar surface area (TPSA) is 93.0 Å². The van der Waals surface area contributed by atoms with Crippen molar-refractivity contribution in [1.82, 2.24) is 30.0 Å². The van der Waals surface area contributed by atoms with Gasteiger partial charge in [-0.2, -0.15) is 5.10 Å². The molecule has 1 unspecified atom stereocenters. The Kier molecular flexibility index (Phi) is 5.93. The van der Waals surface area contributed by atoms with Crippen LogP contribution in [0.5, 0.6) is 0 Å². The molecule has 8 nitrogen and oxygen atoms in total. The van der Waals surface area contributed by atoms with E-state index in [1.54, 1.807) is 25.5 Å². The van der Waals surface area contributed by atoms with Crippen LogP contribution in [0.4, 0.5) is 0 Å². The highest BCUT2D eigenvalue weighted by molar-refractivity contribution is 5.75. The molecule has 3 heterocycles. The maximum absolute atomic E-state index is 12.0. The van der Waals surface area contributed by atoms with E-state index in [4.69, 9.17) is 0 Å². The Bertz CT molecular complexity index is 746. The Morgan fingerprint density at radius 3 is 3.00 bits per heavy atom. The first-order valence-corrected chi connectivity index (χ1v) is 8.95. The normalized spacial score (nSPS) is 16.7. The minimum atomic E-state index is -0.0180. The third-order valence-electron chi connectivity index (χ3n) is 4.52. The Morgan fingerprint density at radius 1 is 1.35 bits per heavy atom. The number of carbonyl (C=O) groups excluding carboxylic acids is 2. The maximum atomic E-state index is 12.0. The van der Waals surface area contributed by atoms with Crippen LogP contribution in [-0.2, 0) is 22.7 Å². The van der Waals surface area contributed by atoms with Crippen LogP contribution in [-0.4, -0.2) is 43.0 Å². The standard InChI is InChI=1S/C18H24N6O2/c1-14(25)24-10-2-5-17(24)16-13-19-11-15(22-16)12-20-18(26)6-3-8-23-9-4-7-21-23/h4,7,9,11,13,17H,2-3,5-6,8,10,12H2,1H3,(H,20,26). The maximum Gasteiger partial charge on any atom is 0.220 e. The number of nitrogens with zero attached hydrogens (tertiary/aromatic N) is 5. The molecule has 1 saturated heterocycles. The first kappa shape index (κ1) is 18.0. The fraction of sp³-hybridized carbons (Fsp3) is 0.500. The zero-order valence-electron chi connectivity index (χ0n) is 15.0. The average molecular weight is 356 g/mol. The highest BCUT2D eigenvalue weighted by Gasteiger charge is 2.29. The lowest BCUT2D eigenvalue weighted by atomic mass is 10.1. The minimum Gasteiger partial charge on any atom is -0.350 e. The highest BCUT2D eigenvalue weighted by Crippen LogP contribution is 2.30. The quantitative estimate of drug-likeness (QED) is 0.810. The van der Waals surface area contributed by atoms with E-state index in [9.17, 15) is 9.59 Å². The fourth-order valence-corrected chi connectivity index (χ4v) is 3.23. The molecule has 0 spiro atoms. The van der Waals surface area contributed by atoms with Gasteiger partial charge in [0.2, 0.25) is 11.8 Å². The predicted octanol–water partition coefficient (Wildman–Crippen LogP) is 1.45. The van der Waals surface area contributed by atoms with Crippen molar-refractivity contribution in [2.45, 2.75) is 51.7 Å². The molecule has 0 aromatic carbocycles. The second kappa shape index (κ2) is 8.55. The highest BCUT2D eigenvalue weighted by atomic mass is 16.2. The number of likely N-dealkylation sites (tertiary alicyclic amines) is 1. The summed E-state index contributed by atoms with van der Waals surface area (Å²) < 4.78 is 1.81. The van der Waals surface area contributed by atoms with Crippen molar-refractivity contribution in [3.8, 4) is 0 Å². The number of aryl methyl sites for hydroxylation is 1. The van der Waals surface area contributed by atoms with Crippen molar-refractivity contribution in [2.75, 3.05) is 6.54 Å². The number of carbonyl (C=O) groups is 2. The summed E-state index contributed by atoms with van der Waals surface area (Å²) >= 11 is 0.